The van der Waals surface area contributed by atoms with Gasteiger partial charge in [-0.15, -0.1) is 0 Å². The summed E-state index contributed by atoms with van der Waals surface area (Å²) < 4.78 is 18.4. The molecule has 0 radical (unpaired) electrons. The lowest BCUT2D eigenvalue weighted by Gasteiger charge is -2.14. The standard InChI is InChI=1S/C15H21FO2/c1-18-15-9-7-12(10-13(15)16)14(17)8-6-11-4-2-3-5-11/h7,9-11,14,17H,2-6,8H2,1H3. The Bertz CT molecular complexity index is 386. The van der Waals surface area contributed by atoms with E-state index >= 15 is 0 Å². The molecule has 1 aromatic rings. The smallest absolute Gasteiger partial charge is 0.165 e. The zero-order valence-electron chi connectivity index (χ0n) is 10.9. The molecule has 2 rings (SSSR count). The van der Waals surface area contributed by atoms with Crippen LogP contribution in [0, 0.1) is 11.7 Å². The summed E-state index contributed by atoms with van der Waals surface area (Å²) in [5.41, 5.74) is 0.645. The first-order valence-corrected chi connectivity index (χ1v) is 6.72. The number of ether oxygens (including phenoxy) is 1. The highest BCUT2D eigenvalue weighted by Gasteiger charge is 2.17. The molecule has 0 spiro atoms. The fraction of sp³-hybridized carbons (Fsp3) is 0.600. The van der Waals surface area contributed by atoms with Crippen LogP contribution < -0.4 is 4.74 Å². The topological polar surface area (TPSA) is 29.5 Å². The lowest BCUT2D eigenvalue weighted by atomic mass is 9.96. The summed E-state index contributed by atoms with van der Waals surface area (Å²) in [7, 11) is 1.44. The van der Waals surface area contributed by atoms with Gasteiger partial charge in [0, 0.05) is 0 Å². The second-order valence-electron chi connectivity index (χ2n) is 5.14. The molecule has 0 heterocycles. The van der Waals surface area contributed by atoms with Crippen molar-refractivity contribution in [2.45, 2.75) is 44.6 Å². The predicted molar refractivity (Wildman–Crippen MR) is 69.1 cm³/mol. The van der Waals surface area contributed by atoms with E-state index in [2.05, 4.69) is 0 Å². The first-order valence-electron chi connectivity index (χ1n) is 6.72. The summed E-state index contributed by atoms with van der Waals surface area (Å²) in [5, 5.41) is 10.1. The van der Waals surface area contributed by atoms with Gasteiger partial charge in [-0.05, 0) is 36.5 Å². The van der Waals surface area contributed by atoms with Gasteiger partial charge in [-0.25, -0.2) is 4.39 Å². The molecule has 0 aliphatic heterocycles. The monoisotopic (exact) mass is 252 g/mol. The van der Waals surface area contributed by atoms with Gasteiger partial charge in [-0.3, -0.25) is 0 Å². The van der Waals surface area contributed by atoms with Crippen molar-refractivity contribution in [1.82, 2.24) is 0 Å². The fourth-order valence-electron chi connectivity index (χ4n) is 2.75. The average Bonchev–Trinajstić information content (AvgIpc) is 2.89. The van der Waals surface area contributed by atoms with Crippen LogP contribution in [0.2, 0.25) is 0 Å². The van der Waals surface area contributed by atoms with Gasteiger partial charge < -0.3 is 9.84 Å². The van der Waals surface area contributed by atoms with Crippen LogP contribution in [0.15, 0.2) is 18.2 Å². The van der Waals surface area contributed by atoms with Crippen LogP contribution in [0.5, 0.6) is 5.75 Å². The SMILES string of the molecule is COc1ccc(C(O)CCC2CCCC2)cc1F. The number of aliphatic hydroxyl groups is 1. The van der Waals surface area contributed by atoms with Crippen LogP contribution in [0.25, 0.3) is 0 Å². The van der Waals surface area contributed by atoms with Crippen molar-refractivity contribution in [1.29, 1.82) is 0 Å². The lowest BCUT2D eigenvalue weighted by molar-refractivity contribution is 0.156. The van der Waals surface area contributed by atoms with Crippen molar-refractivity contribution in [3.8, 4) is 5.75 Å². The molecule has 2 nitrogen and oxygen atoms in total. The van der Waals surface area contributed by atoms with Crippen LogP contribution in [0.1, 0.15) is 50.2 Å². The summed E-state index contributed by atoms with van der Waals surface area (Å²) in [5.74, 6) is 0.569. The predicted octanol–water partition coefficient (Wildman–Crippen LogP) is 3.84. The van der Waals surface area contributed by atoms with Crippen LogP contribution in [0.3, 0.4) is 0 Å². The molecule has 1 fully saturated rings. The molecule has 1 atom stereocenters. The van der Waals surface area contributed by atoms with Gasteiger partial charge in [0.1, 0.15) is 0 Å². The van der Waals surface area contributed by atoms with Gasteiger partial charge in [-0.2, -0.15) is 0 Å². The number of benzene rings is 1. The van der Waals surface area contributed by atoms with Crippen molar-refractivity contribution in [3.05, 3.63) is 29.6 Å². The molecule has 0 aromatic heterocycles. The summed E-state index contributed by atoms with van der Waals surface area (Å²) in [4.78, 5) is 0. The fourth-order valence-corrected chi connectivity index (χ4v) is 2.75. The van der Waals surface area contributed by atoms with E-state index in [9.17, 15) is 9.50 Å². The summed E-state index contributed by atoms with van der Waals surface area (Å²) in [6, 6.07) is 4.68. The van der Waals surface area contributed by atoms with E-state index in [1.165, 1.54) is 38.9 Å². The highest BCUT2D eigenvalue weighted by molar-refractivity contribution is 5.30. The number of hydrogen-bond acceptors (Lipinski definition) is 2. The number of aliphatic hydroxyl groups excluding tert-OH is 1. The molecule has 1 N–H and O–H groups in total. The van der Waals surface area contributed by atoms with E-state index in [4.69, 9.17) is 4.74 Å². The Kier molecular flexibility index (Phi) is 4.59. The van der Waals surface area contributed by atoms with E-state index in [1.54, 1.807) is 12.1 Å². The minimum Gasteiger partial charge on any atom is -0.494 e. The Morgan fingerprint density at radius 3 is 2.72 bits per heavy atom. The molecule has 3 heteroatoms. The molecular weight excluding hydrogens is 231 g/mol. The zero-order valence-corrected chi connectivity index (χ0v) is 10.9. The normalized spacial score (nSPS) is 17.9. The summed E-state index contributed by atoms with van der Waals surface area (Å²) in [6.07, 6.45) is 6.39. The van der Waals surface area contributed by atoms with E-state index in [0.29, 0.717) is 5.56 Å². The molecular formula is C15H21FO2. The van der Waals surface area contributed by atoms with Gasteiger partial charge in [0.05, 0.1) is 13.2 Å². The van der Waals surface area contributed by atoms with E-state index in [0.717, 1.165) is 18.8 Å². The van der Waals surface area contributed by atoms with E-state index < -0.39 is 11.9 Å². The van der Waals surface area contributed by atoms with Crippen molar-refractivity contribution < 1.29 is 14.2 Å². The molecule has 1 saturated carbocycles. The second kappa shape index (κ2) is 6.19. The van der Waals surface area contributed by atoms with Crippen LogP contribution >= 0.6 is 0 Å². The second-order valence-corrected chi connectivity index (χ2v) is 5.14. The maximum absolute atomic E-state index is 13.5. The molecule has 0 saturated heterocycles. The molecule has 1 aliphatic carbocycles. The zero-order chi connectivity index (χ0) is 13.0. The Morgan fingerprint density at radius 2 is 2.11 bits per heavy atom. The Labute approximate surface area is 108 Å². The van der Waals surface area contributed by atoms with Crippen molar-refractivity contribution in [3.63, 3.8) is 0 Å². The molecule has 0 bridgehead atoms. The van der Waals surface area contributed by atoms with Gasteiger partial charge in [-0.1, -0.05) is 31.7 Å². The Balaban J connectivity index is 1.91. The molecule has 1 aromatic carbocycles. The minimum atomic E-state index is -0.564. The van der Waals surface area contributed by atoms with Crippen molar-refractivity contribution in [2.75, 3.05) is 7.11 Å². The van der Waals surface area contributed by atoms with Gasteiger partial charge in [0.2, 0.25) is 0 Å². The first-order chi connectivity index (χ1) is 8.70. The molecule has 0 amide bonds. The van der Waals surface area contributed by atoms with Crippen LogP contribution in [-0.4, -0.2) is 12.2 Å². The van der Waals surface area contributed by atoms with E-state index in [1.807, 2.05) is 0 Å². The third-order valence-corrected chi connectivity index (χ3v) is 3.88. The van der Waals surface area contributed by atoms with E-state index in [-0.39, 0.29) is 5.75 Å². The van der Waals surface area contributed by atoms with Crippen LogP contribution in [-0.2, 0) is 0 Å². The first kappa shape index (κ1) is 13.3. The lowest BCUT2D eigenvalue weighted by Crippen LogP contribution is -2.02. The Morgan fingerprint density at radius 1 is 1.39 bits per heavy atom. The van der Waals surface area contributed by atoms with Gasteiger partial charge in [0.25, 0.3) is 0 Å². The van der Waals surface area contributed by atoms with Gasteiger partial charge >= 0.3 is 0 Å². The number of rotatable bonds is 5. The maximum atomic E-state index is 13.5. The Hall–Kier alpha value is -1.09. The van der Waals surface area contributed by atoms with Crippen LogP contribution in [0.4, 0.5) is 4.39 Å². The van der Waals surface area contributed by atoms with Crippen molar-refractivity contribution in [2.24, 2.45) is 5.92 Å². The molecule has 1 unspecified atom stereocenters. The van der Waals surface area contributed by atoms with Gasteiger partial charge in [0.15, 0.2) is 11.6 Å². The molecule has 1 aliphatic rings. The summed E-state index contributed by atoms with van der Waals surface area (Å²) >= 11 is 0. The van der Waals surface area contributed by atoms with Crippen molar-refractivity contribution >= 4 is 0 Å². The largest absolute Gasteiger partial charge is 0.494 e. The average molecular weight is 252 g/mol. The quantitative estimate of drug-likeness (QED) is 0.862. The third kappa shape index (κ3) is 3.22. The third-order valence-electron chi connectivity index (χ3n) is 3.88. The highest BCUT2D eigenvalue weighted by Crippen LogP contribution is 2.32. The summed E-state index contributed by atoms with van der Waals surface area (Å²) in [6.45, 7) is 0. The molecule has 100 valence electrons. The highest BCUT2D eigenvalue weighted by atomic mass is 19.1. The maximum Gasteiger partial charge on any atom is 0.165 e. The number of hydrogen-bond donors (Lipinski definition) is 1. The number of halogens is 1. The molecule has 18 heavy (non-hydrogen) atoms. The number of methoxy groups -OCH3 is 1. The minimum absolute atomic E-state index is 0.224.